The van der Waals surface area contributed by atoms with E-state index in [1.165, 1.54) is 109 Å². The van der Waals surface area contributed by atoms with Crippen molar-refractivity contribution in [3.05, 3.63) is 0 Å². The maximum absolute atomic E-state index is 3.50. The van der Waals surface area contributed by atoms with Crippen LogP contribution in [0.1, 0.15) is 71.1 Å². The molecule has 0 aromatic carbocycles. The SMILES string of the molecule is CCCCCCCCCCCCNC[CH2][Na]. The van der Waals surface area contributed by atoms with Gasteiger partial charge in [0.05, 0.1) is 0 Å². The van der Waals surface area contributed by atoms with Gasteiger partial charge in [-0.25, -0.2) is 0 Å². The van der Waals surface area contributed by atoms with Gasteiger partial charge < -0.3 is 0 Å². The van der Waals surface area contributed by atoms with E-state index in [4.69, 9.17) is 0 Å². The Morgan fingerprint density at radius 3 is 1.69 bits per heavy atom. The first-order valence-electron chi connectivity index (χ1n) is 7.62. The molecule has 0 aliphatic rings. The van der Waals surface area contributed by atoms with Gasteiger partial charge >= 0.3 is 101 Å². The van der Waals surface area contributed by atoms with Gasteiger partial charge in [-0.1, -0.05) is 19.8 Å². The first-order chi connectivity index (χ1) is 7.91. The molecule has 16 heavy (non-hydrogen) atoms. The van der Waals surface area contributed by atoms with Crippen LogP contribution in [0, 0.1) is 0 Å². The average Bonchev–Trinajstić information content (AvgIpc) is 2.31. The van der Waals surface area contributed by atoms with Crippen LogP contribution in [0.4, 0.5) is 0 Å². The Morgan fingerprint density at radius 2 is 1.19 bits per heavy atom. The molecule has 0 spiro atoms. The summed E-state index contributed by atoms with van der Waals surface area (Å²) in [5, 5.41) is 3.50. The Hall–Kier alpha value is 0.960. The molecule has 1 N–H and O–H groups in total. The van der Waals surface area contributed by atoms with Crippen LogP contribution in [0.25, 0.3) is 0 Å². The van der Waals surface area contributed by atoms with Crippen LogP contribution in [0.2, 0.25) is 3.67 Å². The molecule has 0 aromatic rings. The van der Waals surface area contributed by atoms with E-state index in [0.29, 0.717) is 0 Å². The Bertz CT molecular complexity index is 103. The van der Waals surface area contributed by atoms with Crippen LogP contribution in [0.3, 0.4) is 0 Å². The second-order valence-corrected chi connectivity index (χ2v) is 5.93. The summed E-state index contributed by atoms with van der Waals surface area (Å²) in [5.74, 6) is 0. The predicted octanol–water partition coefficient (Wildman–Crippen LogP) is 4.08. The van der Waals surface area contributed by atoms with Gasteiger partial charge in [-0.05, 0) is 0 Å². The fourth-order valence-corrected chi connectivity index (χ4v) is 2.39. The molecule has 2 heteroatoms. The number of rotatable bonds is 13. The van der Waals surface area contributed by atoms with Gasteiger partial charge in [-0.3, -0.25) is 0 Å². The summed E-state index contributed by atoms with van der Waals surface area (Å²) < 4.78 is 1.40. The Morgan fingerprint density at radius 1 is 0.688 bits per heavy atom. The summed E-state index contributed by atoms with van der Waals surface area (Å²) in [6, 6.07) is 0. The molecule has 92 valence electrons. The molecule has 0 aliphatic carbocycles. The van der Waals surface area contributed by atoms with Crippen molar-refractivity contribution < 1.29 is 0 Å². The number of unbranched alkanes of at least 4 members (excludes halogenated alkanes) is 9. The molecule has 0 saturated carbocycles. The molecule has 0 bridgehead atoms. The number of hydrogen-bond donors (Lipinski definition) is 1. The molecular formula is C14H30NNa. The summed E-state index contributed by atoms with van der Waals surface area (Å²) >= 11 is 1.35. The second kappa shape index (κ2) is 16.0. The van der Waals surface area contributed by atoms with Crippen molar-refractivity contribution in [3.8, 4) is 0 Å². The van der Waals surface area contributed by atoms with E-state index in [2.05, 4.69) is 12.2 Å². The summed E-state index contributed by atoms with van der Waals surface area (Å²) in [4.78, 5) is 0. The van der Waals surface area contributed by atoms with Crippen LogP contribution in [0.15, 0.2) is 0 Å². The molecular weight excluding hydrogens is 205 g/mol. The number of hydrogen-bond acceptors (Lipinski definition) is 1. The van der Waals surface area contributed by atoms with E-state index in [1.54, 1.807) is 0 Å². The predicted molar refractivity (Wildman–Crippen MR) is 75.3 cm³/mol. The molecule has 0 aliphatic heterocycles. The maximum atomic E-state index is 3.50. The van der Waals surface area contributed by atoms with Gasteiger partial charge in [0.2, 0.25) is 0 Å². The van der Waals surface area contributed by atoms with Gasteiger partial charge in [0.25, 0.3) is 0 Å². The molecule has 0 unspecified atom stereocenters. The van der Waals surface area contributed by atoms with Crippen LogP contribution >= 0.6 is 0 Å². The fraction of sp³-hybridized carbons (Fsp3) is 1.00. The molecule has 0 rings (SSSR count). The Labute approximate surface area is 121 Å². The molecule has 0 atom stereocenters. The van der Waals surface area contributed by atoms with Crippen molar-refractivity contribution in [3.63, 3.8) is 0 Å². The Kier molecular flexibility index (Phi) is 16.9. The van der Waals surface area contributed by atoms with Crippen molar-refractivity contribution in [2.24, 2.45) is 0 Å². The zero-order valence-electron chi connectivity index (χ0n) is 11.7. The normalized spacial score (nSPS) is 10.9. The van der Waals surface area contributed by atoms with Gasteiger partial charge in [0.1, 0.15) is 0 Å². The summed E-state index contributed by atoms with van der Waals surface area (Å²) in [6.45, 7) is 4.79. The quantitative estimate of drug-likeness (QED) is 0.374. The van der Waals surface area contributed by atoms with E-state index >= 15 is 0 Å². The summed E-state index contributed by atoms with van der Waals surface area (Å²) in [6.07, 6.45) is 14.4. The third kappa shape index (κ3) is 15.0. The van der Waals surface area contributed by atoms with E-state index in [-0.39, 0.29) is 0 Å². The van der Waals surface area contributed by atoms with Crippen molar-refractivity contribution in [2.45, 2.75) is 74.8 Å². The van der Waals surface area contributed by atoms with Crippen LogP contribution in [0.5, 0.6) is 0 Å². The molecule has 0 saturated heterocycles. The Balaban J connectivity index is 2.83. The second-order valence-electron chi connectivity index (χ2n) is 4.93. The van der Waals surface area contributed by atoms with Crippen molar-refractivity contribution in [1.29, 1.82) is 0 Å². The summed E-state index contributed by atoms with van der Waals surface area (Å²) in [7, 11) is 0. The molecule has 0 heterocycles. The van der Waals surface area contributed by atoms with Crippen LogP contribution < -0.4 is 5.32 Å². The topological polar surface area (TPSA) is 12.0 Å². The standard InChI is InChI=1S/C14H30N.Na/c1-3-5-6-7-8-9-10-11-12-13-14-15-4-2;/h15H,2-14H2,1H3;. The first-order valence-corrected chi connectivity index (χ1v) is 9.04. The van der Waals surface area contributed by atoms with E-state index < -0.39 is 0 Å². The van der Waals surface area contributed by atoms with Crippen LogP contribution in [-0.2, 0) is 0 Å². The van der Waals surface area contributed by atoms with E-state index in [0.717, 1.165) is 0 Å². The van der Waals surface area contributed by atoms with Gasteiger partial charge in [0, 0.05) is 0 Å². The zero-order chi connectivity index (χ0) is 11.9. The van der Waals surface area contributed by atoms with Crippen molar-refractivity contribution >= 4 is 27.9 Å². The molecule has 0 radical (unpaired) electrons. The molecule has 0 amide bonds. The number of nitrogens with one attached hydrogen (secondary N) is 1. The van der Waals surface area contributed by atoms with E-state index in [9.17, 15) is 0 Å². The van der Waals surface area contributed by atoms with Crippen molar-refractivity contribution in [1.82, 2.24) is 5.32 Å². The molecule has 1 nitrogen and oxygen atoms in total. The third-order valence-electron chi connectivity index (χ3n) is 3.13. The van der Waals surface area contributed by atoms with E-state index in [1.807, 2.05) is 0 Å². The van der Waals surface area contributed by atoms with Crippen molar-refractivity contribution in [2.75, 3.05) is 13.1 Å². The fourth-order valence-electron chi connectivity index (χ4n) is 2.04. The van der Waals surface area contributed by atoms with Gasteiger partial charge in [0.15, 0.2) is 0 Å². The van der Waals surface area contributed by atoms with Crippen LogP contribution in [-0.4, -0.2) is 41.0 Å². The molecule has 0 aromatic heterocycles. The first kappa shape index (κ1) is 17.0. The summed E-state index contributed by atoms with van der Waals surface area (Å²) in [5.41, 5.74) is 0. The average molecular weight is 235 g/mol. The monoisotopic (exact) mass is 235 g/mol. The third-order valence-corrected chi connectivity index (χ3v) is 3.63. The van der Waals surface area contributed by atoms with Gasteiger partial charge in [-0.15, -0.1) is 0 Å². The minimum atomic E-state index is 1.25. The molecule has 0 fully saturated rings. The minimum absolute atomic E-state index is 1.25. The van der Waals surface area contributed by atoms with Gasteiger partial charge in [-0.2, -0.15) is 0 Å². The zero-order valence-corrected chi connectivity index (χ0v) is 13.7.